The second-order valence-electron chi connectivity index (χ2n) is 4.20. The zero-order chi connectivity index (χ0) is 12.3. The van der Waals surface area contributed by atoms with Crippen molar-refractivity contribution in [2.75, 3.05) is 13.2 Å². The van der Waals surface area contributed by atoms with Crippen molar-refractivity contribution in [3.63, 3.8) is 0 Å². The van der Waals surface area contributed by atoms with Crippen LogP contribution in [-0.2, 0) is 9.31 Å². The van der Waals surface area contributed by atoms with Crippen LogP contribution in [0.25, 0.3) is 0 Å². The highest BCUT2D eigenvalue weighted by molar-refractivity contribution is 6.61. The minimum atomic E-state index is -1.09. The van der Waals surface area contributed by atoms with E-state index in [2.05, 4.69) is 0 Å². The minimum Gasteiger partial charge on any atom is -0.400 e. The summed E-state index contributed by atoms with van der Waals surface area (Å²) in [6.45, 7) is 1.96. The maximum atomic E-state index is 11.0. The van der Waals surface area contributed by atoms with E-state index in [0.717, 1.165) is 5.46 Å². The topological polar surface area (TPSA) is 61.6 Å². The van der Waals surface area contributed by atoms with Gasteiger partial charge in [-0.1, -0.05) is 37.3 Å². The Morgan fingerprint density at radius 1 is 1.35 bits per heavy atom. The highest BCUT2D eigenvalue weighted by Crippen LogP contribution is 2.21. The van der Waals surface area contributed by atoms with Crippen molar-refractivity contribution < 1.29 is 14.2 Å². The first-order valence-electron chi connectivity index (χ1n) is 5.60. The van der Waals surface area contributed by atoms with Crippen molar-refractivity contribution in [2.24, 2.45) is 0 Å². The van der Waals surface area contributed by atoms with Gasteiger partial charge in [-0.15, -0.1) is 0 Å². The number of benzene rings is 1. The Bertz CT molecular complexity index is 390. The molecule has 90 valence electrons. The predicted octanol–water partition coefficient (Wildman–Crippen LogP) is 0.854. The fraction of sp³-hybridized carbons (Fsp3) is 0.455. The smallest absolute Gasteiger partial charge is 0.400 e. The average molecular weight is 235 g/mol. The zero-order valence-corrected chi connectivity index (χ0v) is 9.67. The quantitative estimate of drug-likeness (QED) is 0.442. The predicted molar refractivity (Wildman–Crippen MR) is 63.8 cm³/mol. The van der Waals surface area contributed by atoms with E-state index in [1.165, 1.54) is 0 Å². The van der Waals surface area contributed by atoms with E-state index in [0.29, 0.717) is 6.42 Å². The highest BCUT2D eigenvalue weighted by Gasteiger charge is 2.47. The van der Waals surface area contributed by atoms with Gasteiger partial charge in [-0.05, 0) is 5.46 Å². The Morgan fingerprint density at radius 2 is 1.94 bits per heavy atom. The average Bonchev–Trinajstić information content (AvgIpc) is 2.39. The molecule has 0 unspecified atom stereocenters. The number of nitrogens with zero attached hydrogens (tertiary/aromatic N) is 1. The van der Waals surface area contributed by atoms with Gasteiger partial charge in [0.25, 0.3) is 5.54 Å². The third kappa shape index (κ3) is 2.32. The molecule has 0 radical (unpaired) electrons. The maximum Gasteiger partial charge on any atom is 0.494 e. The van der Waals surface area contributed by atoms with E-state index in [-0.39, 0.29) is 18.1 Å². The molecule has 1 fully saturated rings. The molecule has 1 aliphatic rings. The number of rotatable bonds is 3. The number of hydrogen-bond acceptors (Lipinski definition) is 4. The van der Waals surface area contributed by atoms with Crippen molar-refractivity contribution in [1.82, 2.24) is 0 Å². The second kappa shape index (κ2) is 4.85. The van der Waals surface area contributed by atoms with Crippen LogP contribution in [0, 0.1) is 10.1 Å². The maximum absolute atomic E-state index is 11.0. The molecule has 1 heterocycles. The first-order valence-corrected chi connectivity index (χ1v) is 5.60. The Labute approximate surface area is 100 Å². The van der Waals surface area contributed by atoms with E-state index in [9.17, 15) is 10.1 Å². The van der Waals surface area contributed by atoms with Crippen LogP contribution in [0.2, 0.25) is 0 Å². The highest BCUT2D eigenvalue weighted by atomic mass is 16.7. The van der Waals surface area contributed by atoms with Crippen LogP contribution in [0.5, 0.6) is 0 Å². The van der Waals surface area contributed by atoms with Crippen LogP contribution in [0.15, 0.2) is 30.3 Å². The lowest BCUT2D eigenvalue weighted by atomic mass is 9.76. The van der Waals surface area contributed by atoms with Crippen LogP contribution in [0.4, 0.5) is 0 Å². The van der Waals surface area contributed by atoms with Gasteiger partial charge < -0.3 is 9.31 Å². The standard InChI is InChI=1S/C11H14BNO4/c1-2-11(13(14)15)8-16-12(17-9-11)10-6-4-3-5-7-10/h3-7H,2,8-9H2,1H3. The van der Waals surface area contributed by atoms with Crippen molar-refractivity contribution in [2.45, 2.75) is 18.9 Å². The lowest BCUT2D eigenvalue weighted by molar-refractivity contribution is -0.579. The van der Waals surface area contributed by atoms with E-state index < -0.39 is 12.7 Å². The van der Waals surface area contributed by atoms with Crippen molar-refractivity contribution in [1.29, 1.82) is 0 Å². The Kier molecular flexibility index (Phi) is 3.45. The molecule has 6 heteroatoms. The van der Waals surface area contributed by atoms with Crippen LogP contribution in [0.3, 0.4) is 0 Å². The first-order chi connectivity index (χ1) is 8.18. The molecule has 0 N–H and O–H groups in total. The van der Waals surface area contributed by atoms with Gasteiger partial charge in [0.05, 0.1) is 0 Å². The number of nitro groups is 1. The molecule has 1 saturated heterocycles. The second-order valence-corrected chi connectivity index (χ2v) is 4.20. The molecule has 17 heavy (non-hydrogen) atoms. The van der Waals surface area contributed by atoms with Crippen LogP contribution >= 0.6 is 0 Å². The van der Waals surface area contributed by atoms with Crippen LogP contribution in [0.1, 0.15) is 13.3 Å². The molecule has 0 aromatic heterocycles. The summed E-state index contributed by atoms with van der Waals surface area (Å²) in [5, 5.41) is 11.0. The normalized spacial score (nSPS) is 19.0. The summed E-state index contributed by atoms with van der Waals surface area (Å²) in [4.78, 5) is 10.7. The van der Waals surface area contributed by atoms with Gasteiger partial charge >= 0.3 is 7.12 Å². The molecule has 0 saturated carbocycles. The van der Waals surface area contributed by atoms with Crippen molar-refractivity contribution in [3.8, 4) is 0 Å². The van der Waals surface area contributed by atoms with E-state index >= 15 is 0 Å². The largest absolute Gasteiger partial charge is 0.494 e. The van der Waals surface area contributed by atoms with Gasteiger partial charge in [0.15, 0.2) is 0 Å². The molecule has 0 bridgehead atoms. The Hall–Kier alpha value is -1.40. The molecule has 1 aliphatic heterocycles. The van der Waals surface area contributed by atoms with E-state index in [4.69, 9.17) is 9.31 Å². The summed E-state index contributed by atoms with van der Waals surface area (Å²) >= 11 is 0. The van der Waals surface area contributed by atoms with Crippen molar-refractivity contribution >= 4 is 12.6 Å². The third-order valence-corrected chi connectivity index (χ3v) is 3.12. The summed E-state index contributed by atoms with van der Waals surface area (Å²) in [5.41, 5.74) is -0.203. The van der Waals surface area contributed by atoms with Crippen LogP contribution in [-0.4, -0.2) is 30.8 Å². The minimum absolute atomic E-state index is 0.0933. The Balaban J connectivity index is 2.05. The summed E-state index contributed by atoms with van der Waals surface area (Å²) < 4.78 is 10.9. The van der Waals surface area contributed by atoms with Gasteiger partial charge in [-0.2, -0.15) is 0 Å². The summed E-state index contributed by atoms with van der Waals surface area (Å²) in [6.07, 6.45) is 0.404. The molecular weight excluding hydrogens is 221 g/mol. The fourth-order valence-electron chi connectivity index (χ4n) is 1.79. The van der Waals surface area contributed by atoms with E-state index in [1.807, 2.05) is 30.3 Å². The fourth-order valence-corrected chi connectivity index (χ4v) is 1.79. The molecule has 0 spiro atoms. The Morgan fingerprint density at radius 3 is 2.41 bits per heavy atom. The van der Waals surface area contributed by atoms with Crippen LogP contribution < -0.4 is 5.46 Å². The summed E-state index contributed by atoms with van der Waals surface area (Å²) in [6, 6.07) is 9.44. The molecule has 0 aliphatic carbocycles. The summed E-state index contributed by atoms with van der Waals surface area (Å²) in [5.74, 6) is 0. The van der Waals surface area contributed by atoms with Gasteiger partial charge in [0, 0.05) is 11.3 Å². The zero-order valence-electron chi connectivity index (χ0n) is 9.67. The first kappa shape index (κ1) is 12.1. The lowest BCUT2D eigenvalue weighted by Crippen LogP contribution is -2.56. The van der Waals surface area contributed by atoms with Gasteiger partial charge in [-0.25, -0.2) is 0 Å². The third-order valence-electron chi connectivity index (χ3n) is 3.12. The molecule has 0 amide bonds. The SMILES string of the molecule is CCC1([N+](=O)[O-])COB(c2ccccc2)OC1. The summed E-state index contributed by atoms with van der Waals surface area (Å²) in [7, 11) is -0.490. The molecule has 2 rings (SSSR count). The van der Waals surface area contributed by atoms with Gasteiger partial charge in [-0.3, -0.25) is 10.1 Å². The van der Waals surface area contributed by atoms with E-state index in [1.54, 1.807) is 6.92 Å². The monoisotopic (exact) mass is 235 g/mol. The van der Waals surface area contributed by atoms with Crippen molar-refractivity contribution in [3.05, 3.63) is 40.4 Å². The number of hydrogen-bond donors (Lipinski definition) is 0. The van der Waals surface area contributed by atoms with Gasteiger partial charge in [0.2, 0.25) is 0 Å². The molecule has 5 nitrogen and oxygen atoms in total. The molecule has 1 aromatic carbocycles. The lowest BCUT2D eigenvalue weighted by Gasteiger charge is -2.31. The molecular formula is C11H14BNO4. The van der Waals surface area contributed by atoms with Gasteiger partial charge in [0.1, 0.15) is 13.2 Å². The molecule has 0 atom stereocenters. The molecule has 1 aromatic rings.